The highest BCUT2D eigenvalue weighted by Gasteiger charge is 2.43. The Morgan fingerprint density at radius 2 is 1.81 bits per heavy atom. The third-order valence-electron chi connectivity index (χ3n) is 7.68. The molecule has 194 valence electrons. The molecule has 1 unspecified atom stereocenters. The molecule has 0 N–H and O–H groups in total. The number of rotatable bonds is 7. The molecule has 37 heavy (non-hydrogen) atoms. The van der Waals surface area contributed by atoms with Crippen LogP contribution in [-0.4, -0.2) is 42.4 Å². The van der Waals surface area contributed by atoms with Crippen molar-refractivity contribution < 1.29 is 32.0 Å². The molecule has 7 nitrogen and oxygen atoms in total. The summed E-state index contributed by atoms with van der Waals surface area (Å²) >= 11 is 0. The van der Waals surface area contributed by atoms with E-state index in [4.69, 9.17) is 9.26 Å². The van der Waals surface area contributed by atoms with Gasteiger partial charge in [0.15, 0.2) is 11.6 Å². The summed E-state index contributed by atoms with van der Waals surface area (Å²) in [5, 5.41) is 4.03. The highest BCUT2D eigenvalue weighted by atomic mass is 19.1. The van der Waals surface area contributed by atoms with Gasteiger partial charge in [0.05, 0.1) is 30.9 Å². The number of pyridine rings is 1. The molecule has 3 atom stereocenters. The molecule has 6 rings (SSSR count). The highest BCUT2D eigenvalue weighted by molar-refractivity contribution is 5.89. The van der Waals surface area contributed by atoms with Crippen molar-refractivity contribution in [2.24, 2.45) is 11.8 Å². The Kier molecular flexibility index (Phi) is 6.14. The summed E-state index contributed by atoms with van der Waals surface area (Å²) in [6.45, 7) is 1.44. The second-order valence-electron chi connectivity index (χ2n) is 10.1. The molecule has 3 aromatic rings. The number of carbonyl (C=O) groups is 1. The summed E-state index contributed by atoms with van der Waals surface area (Å²) in [7, 11) is 1.24. The fourth-order valence-electron chi connectivity index (χ4n) is 5.70. The molecular formula is C27H26F3N3O4. The van der Waals surface area contributed by atoms with E-state index < -0.39 is 23.4 Å². The van der Waals surface area contributed by atoms with Gasteiger partial charge in [0, 0.05) is 30.8 Å². The van der Waals surface area contributed by atoms with Crippen molar-refractivity contribution >= 4 is 11.8 Å². The number of methoxy groups -OCH3 is 1. The molecule has 1 aliphatic heterocycles. The lowest BCUT2D eigenvalue weighted by atomic mass is 10.0. The Morgan fingerprint density at radius 3 is 2.43 bits per heavy atom. The first kappa shape index (κ1) is 24.0. The zero-order valence-electron chi connectivity index (χ0n) is 20.3. The first-order valence-electron chi connectivity index (χ1n) is 12.5. The van der Waals surface area contributed by atoms with Gasteiger partial charge in [0.25, 0.3) is 0 Å². The van der Waals surface area contributed by atoms with E-state index in [1.54, 1.807) is 0 Å². The normalized spacial score (nSPS) is 22.9. The zero-order chi connectivity index (χ0) is 25.7. The van der Waals surface area contributed by atoms with Crippen molar-refractivity contribution in [3.05, 3.63) is 64.8 Å². The molecule has 1 aromatic carbocycles. The van der Waals surface area contributed by atoms with Crippen LogP contribution in [0.1, 0.15) is 53.3 Å². The third kappa shape index (κ3) is 4.47. The molecule has 0 spiro atoms. The first-order chi connectivity index (χ1) is 17.9. The number of aromatic nitrogens is 2. The number of hydrogen-bond acceptors (Lipinski definition) is 7. The van der Waals surface area contributed by atoms with Crippen LogP contribution in [0.15, 0.2) is 35.0 Å². The molecule has 2 aromatic heterocycles. The Hall–Kier alpha value is -3.40. The average molecular weight is 514 g/mol. The molecule has 0 amide bonds. The predicted octanol–water partition coefficient (Wildman–Crippen LogP) is 5.25. The van der Waals surface area contributed by atoms with Crippen molar-refractivity contribution in [2.45, 2.75) is 44.3 Å². The number of hydrogen-bond donors (Lipinski definition) is 0. The summed E-state index contributed by atoms with van der Waals surface area (Å²) < 4.78 is 60.1. The number of fused-ring (bicyclic) bond motifs is 1. The van der Waals surface area contributed by atoms with Crippen LogP contribution < -0.4 is 4.90 Å². The first-order valence-corrected chi connectivity index (χ1v) is 12.5. The summed E-state index contributed by atoms with van der Waals surface area (Å²) in [6, 6.07) is 4.89. The monoisotopic (exact) mass is 513 g/mol. The lowest BCUT2D eigenvalue weighted by Gasteiger charge is -2.21. The van der Waals surface area contributed by atoms with Crippen molar-refractivity contribution in [3.8, 4) is 11.3 Å². The minimum Gasteiger partial charge on any atom is -0.465 e. The minimum absolute atomic E-state index is 0.0306. The standard InChI is InChI=1S/C27H26F3N3O4/c1-35-27(34)15-9-22(30)26(31-10-15)33-11-16-7-18(8-17(16)12-33)36-13-19-24(32-37-25(19)14-5-6-14)23-20(28)3-2-4-21(23)29/h2-4,9-10,14,16-18H,5-8,11-13H2,1H3/t16-,17+,18?. The summed E-state index contributed by atoms with van der Waals surface area (Å²) in [5.41, 5.74) is 0.662. The zero-order valence-corrected chi connectivity index (χ0v) is 20.3. The van der Waals surface area contributed by atoms with Crippen LogP contribution in [0.25, 0.3) is 11.3 Å². The van der Waals surface area contributed by atoms with Crippen LogP contribution in [0, 0.1) is 29.3 Å². The fraction of sp³-hybridized carbons (Fsp3) is 0.444. The number of carbonyl (C=O) groups excluding carboxylic acids is 1. The van der Waals surface area contributed by atoms with E-state index in [9.17, 15) is 18.0 Å². The molecule has 3 fully saturated rings. The second kappa shape index (κ2) is 9.48. The number of anilines is 1. The quantitative estimate of drug-likeness (QED) is 0.400. The van der Waals surface area contributed by atoms with Crippen LogP contribution in [0.5, 0.6) is 0 Å². The number of halogens is 3. The summed E-state index contributed by atoms with van der Waals surface area (Å²) in [4.78, 5) is 17.7. The Labute approximate surface area is 211 Å². The number of esters is 1. The topological polar surface area (TPSA) is 77.7 Å². The molecule has 3 aliphatic rings. The van der Waals surface area contributed by atoms with Gasteiger partial charge < -0.3 is 18.9 Å². The van der Waals surface area contributed by atoms with Gasteiger partial charge in [-0.1, -0.05) is 11.2 Å². The van der Waals surface area contributed by atoms with Crippen LogP contribution in [0.2, 0.25) is 0 Å². The van der Waals surface area contributed by atoms with E-state index in [-0.39, 0.29) is 41.3 Å². The van der Waals surface area contributed by atoms with Gasteiger partial charge in [0.2, 0.25) is 0 Å². The van der Waals surface area contributed by atoms with Crippen molar-refractivity contribution in [3.63, 3.8) is 0 Å². The molecular weight excluding hydrogens is 487 g/mol. The third-order valence-corrected chi connectivity index (χ3v) is 7.68. The van der Waals surface area contributed by atoms with E-state index >= 15 is 0 Å². The molecule has 0 radical (unpaired) electrons. The Bertz CT molecular complexity index is 1310. The van der Waals surface area contributed by atoms with Gasteiger partial charge in [-0.2, -0.15) is 0 Å². The van der Waals surface area contributed by atoms with E-state index in [1.807, 2.05) is 4.90 Å². The number of benzene rings is 1. The lowest BCUT2D eigenvalue weighted by molar-refractivity contribution is 0.0402. The molecule has 2 saturated carbocycles. The summed E-state index contributed by atoms with van der Waals surface area (Å²) in [5.74, 6) is -0.854. The SMILES string of the molecule is COC(=O)c1cnc(N2C[C@H]3CC(OCc4c(-c5c(F)cccc5F)noc4C4CC4)C[C@H]3C2)c(F)c1. The summed E-state index contributed by atoms with van der Waals surface area (Å²) in [6.07, 6.45) is 4.78. The van der Waals surface area contributed by atoms with Crippen LogP contribution in [0.3, 0.4) is 0 Å². The van der Waals surface area contributed by atoms with Crippen LogP contribution in [-0.2, 0) is 16.1 Å². The van der Waals surface area contributed by atoms with Crippen molar-refractivity contribution in [1.82, 2.24) is 10.1 Å². The number of nitrogens with zero attached hydrogens (tertiary/aromatic N) is 3. The average Bonchev–Trinajstić information content (AvgIpc) is 3.35. The lowest BCUT2D eigenvalue weighted by Crippen LogP contribution is -2.25. The molecule has 3 heterocycles. The highest BCUT2D eigenvalue weighted by Crippen LogP contribution is 2.46. The molecule has 1 saturated heterocycles. The van der Waals surface area contributed by atoms with Gasteiger partial charge in [-0.05, 0) is 55.7 Å². The fourth-order valence-corrected chi connectivity index (χ4v) is 5.70. The van der Waals surface area contributed by atoms with Crippen molar-refractivity contribution in [1.29, 1.82) is 0 Å². The maximum atomic E-state index is 14.7. The van der Waals surface area contributed by atoms with E-state index in [2.05, 4.69) is 14.9 Å². The maximum Gasteiger partial charge on any atom is 0.339 e. The van der Waals surface area contributed by atoms with Gasteiger partial charge in [-0.3, -0.25) is 0 Å². The number of ether oxygens (including phenoxy) is 2. The molecule has 0 bridgehead atoms. The van der Waals surface area contributed by atoms with Gasteiger partial charge in [0.1, 0.15) is 23.1 Å². The largest absolute Gasteiger partial charge is 0.465 e. The van der Waals surface area contributed by atoms with E-state index in [0.29, 0.717) is 36.2 Å². The Balaban J connectivity index is 1.12. The van der Waals surface area contributed by atoms with Gasteiger partial charge in [-0.15, -0.1) is 0 Å². The van der Waals surface area contributed by atoms with E-state index in [1.165, 1.54) is 31.5 Å². The second-order valence-corrected chi connectivity index (χ2v) is 10.1. The van der Waals surface area contributed by atoms with Crippen LogP contribution >= 0.6 is 0 Å². The van der Waals surface area contributed by atoms with Gasteiger partial charge in [-0.25, -0.2) is 22.9 Å². The molecule has 2 aliphatic carbocycles. The molecule has 10 heteroatoms. The van der Waals surface area contributed by atoms with E-state index in [0.717, 1.165) is 31.7 Å². The maximum absolute atomic E-state index is 14.7. The smallest absolute Gasteiger partial charge is 0.339 e. The Morgan fingerprint density at radius 1 is 1.11 bits per heavy atom. The van der Waals surface area contributed by atoms with Gasteiger partial charge >= 0.3 is 5.97 Å². The van der Waals surface area contributed by atoms with Crippen molar-refractivity contribution in [2.75, 3.05) is 25.1 Å². The van der Waals surface area contributed by atoms with Crippen LogP contribution in [0.4, 0.5) is 19.0 Å². The minimum atomic E-state index is -0.687. The predicted molar refractivity (Wildman–Crippen MR) is 126 cm³/mol.